The molecule has 4 nitrogen and oxygen atoms in total. The summed E-state index contributed by atoms with van der Waals surface area (Å²) in [6.45, 7) is 0.178. The molecule has 122 valence electrons. The second kappa shape index (κ2) is 5.91. The molecule has 2 aromatic carbocycles. The zero-order valence-corrected chi connectivity index (χ0v) is 14.2. The van der Waals surface area contributed by atoms with Gasteiger partial charge in [0.2, 0.25) is 0 Å². The maximum Gasteiger partial charge on any atom is 0.183 e. The number of benzene rings is 2. The predicted octanol–water partition coefficient (Wildman–Crippen LogP) is 2.62. The lowest BCUT2D eigenvalue weighted by Gasteiger charge is -2.11. The molecule has 1 aliphatic carbocycles. The highest BCUT2D eigenvalue weighted by Gasteiger charge is 2.69. The number of hydrogen-bond donors (Lipinski definition) is 1. The van der Waals surface area contributed by atoms with Gasteiger partial charge in [0.25, 0.3) is 0 Å². The fourth-order valence-electron chi connectivity index (χ4n) is 3.22. The number of nitrogens with two attached hydrogens (primary N) is 1. The standard InChI is InChI=1S/C17H18ClNO3S/c1-22-11-17(19)15(12-7-9-13(18)10-8-12)16(17)23(20,21)14-5-3-2-4-6-14/h2-10,15-16H,11,19H2,1H3/t15-,16+,17+/m1/s1. The highest BCUT2D eigenvalue weighted by atomic mass is 35.5. The third kappa shape index (κ3) is 2.78. The molecule has 0 bridgehead atoms. The van der Waals surface area contributed by atoms with Gasteiger partial charge < -0.3 is 10.5 Å². The Labute approximate surface area is 141 Å². The third-order valence-electron chi connectivity index (χ3n) is 4.33. The molecule has 0 saturated heterocycles. The number of methoxy groups -OCH3 is 1. The van der Waals surface area contributed by atoms with Crippen LogP contribution >= 0.6 is 11.6 Å². The summed E-state index contributed by atoms with van der Waals surface area (Å²) in [6, 6.07) is 15.5. The van der Waals surface area contributed by atoms with Crippen molar-refractivity contribution in [2.45, 2.75) is 21.6 Å². The molecule has 0 radical (unpaired) electrons. The molecule has 0 aliphatic heterocycles. The van der Waals surface area contributed by atoms with Gasteiger partial charge in [0.1, 0.15) is 0 Å². The third-order valence-corrected chi connectivity index (χ3v) is 6.89. The van der Waals surface area contributed by atoms with E-state index in [1.165, 1.54) is 7.11 Å². The van der Waals surface area contributed by atoms with Crippen LogP contribution in [0.4, 0.5) is 0 Å². The van der Waals surface area contributed by atoms with Crippen molar-refractivity contribution in [1.29, 1.82) is 0 Å². The van der Waals surface area contributed by atoms with Crippen LogP contribution in [0.15, 0.2) is 59.5 Å². The first kappa shape index (κ1) is 16.5. The van der Waals surface area contributed by atoms with Crippen LogP contribution < -0.4 is 5.73 Å². The van der Waals surface area contributed by atoms with Crippen molar-refractivity contribution in [3.8, 4) is 0 Å². The van der Waals surface area contributed by atoms with Gasteiger partial charge in [-0.1, -0.05) is 41.9 Å². The van der Waals surface area contributed by atoms with E-state index in [0.717, 1.165) is 5.56 Å². The average Bonchev–Trinajstić information content (AvgIpc) is 3.15. The van der Waals surface area contributed by atoms with Crippen molar-refractivity contribution in [2.75, 3.05) is 13.7 Å². The maximum atomic E-state index is 13.0. The summed E-state index contributed by atoms with van der Waals surface area (Å²) < 4.78 is 31.1. The van der Waals surface area contributed by atoms with Crippen molar-refractivity contribution < 1.29 is 13.2 Å². The van der Waals surface area contributed by atoms with Gasteiger partial charge in [-0.15, -0.1) is 0 Å². The summed E-state index contributed by atoms with van der Waals surface area (Å²) >= 11 is 5.92. The zero-order valence-electron chi connectivity index (χ0n) is 12.6. The second-order valence-electron chi connectivity index (χ2n) is 5.85. The fraction of sp³-hybridized carbons (Fsp3) is 0.294. The van der Waals surface area contributed by atoms with E-state index in [1.54, 1.807) is 42.5 Å². The molecule has 1 aliphatic rings. The van der Waals surface area contributed by atoms with Gasteiger partial charge in [0.15, 0.2) is 9.84 Å². The SMILES string of the molecule is COC[C@]1(N)[C@H](c2ccc(Cl)cc2)[C@@H]1S(=O)(=O)c1ccccc1. The van der Waals surface area contributed by atoms with Crippen molar-refractivity contribution in [3.05, 3.63) is 65.2 Å². The molecule has 1 fully saturated rings. The second-order valence-corrected chi connectivity index (χ2v) is 8.36. The van der Waals surface area contributed by atoms with E-state index in [-0.39, 0.29) is 17.4 Å². The molecule has 0 unspecified atom stereocenters. The van der Waals surface area contributed by atoms with Gasteiger partial charge in [-0.25, -0.2) is 8.42 Å². The Kier molecular flexibility index (Phi) is 4.23. The largest absolute Gasteiger partial charge is 0.383 e. The lowest BCUT2D eigenvalue weighted by molar-refractivity contribution is 0.171. The maximum absolute atomic E-state index is 13.0. The quantitative estimate of drug-likeness (QED) is 0.899. The van der Waals surface area contributed by atoms with Crippen LogP contribution in [0.3, 0.4) is 0 Å². The Morgan fingerprint density at radius 1 is 1.13 bits per heavy atom. The van der Waals surface area contributed by atoms with E-state index in [4.69, 9.17) is 22.1 Å². The molecule has 6 heteroatoms. The van der Waals surface area contributed by atoms with E-state index >= 15 is 0 Å². The molecular formula is C17H18ClNO3S. The molecule has 0 heterocycles. The lowest BCUT2D eigenvalue weighted by Crippen LogP contribution is -2.35. The van der Waals surface area contributed by atoms with Gasteiger partial charge in [0, 0.05) is 18.1 Å². The Hall–Kier alpha value is -1.40. The van der Waals surface area contributed by atoms with Crippen molar-refractivity contribution in [3.63, 3.8) is 0 Å². The van der Waals surface area contributed by atoms with Crippen LogP contribution in [0.2, 0.25) is 5.02 Å². The molecule has 0 aromatic heterocycles. The van der Waals surface area contributed by atoms with Crippen molar-refractivity contribution in [1.82, 2.24) is 0 Å². The summed E-state index contributed by atoms with van der Waals surface area (Å²) in [6.07, 6.45) is 0. The highest BCUT2D eigenvalue weighted by molar-refractivity contribution is 7.92. The van der Waals surface area contributed by atoms with Crippen LogP contribution in [0, 0.1) is 0 Å². The monoisotopic (exact) mass is 351 g/mol. The Balaban J connectivity index is 2.01. The van der Waals surface area contributed by atoms with E-state index in [1.807, 2.05) is 12.1 Å². The van der Waals surface area contributed by atoms with Crippen LogP contribution in [-0.2, 0) is 14.6 Å². The summed E-state index contributed by atoms with van der Waals surface area (Å²) in [4.78, 5) is 0.285. The molecule has 2 N–H and O–H groups in total. The zero-order chi connectivity index (χ0) is 16.7. The summed E-state index contributed by atoms with van der Waals surface area (Å²) in [5.41, 5.74) is 6.33. The summed E-state index contributed by atoms with van der Waals surface area (Å²) in [7, 11) is -2.02. The molecule has 3 rings (SSSR count). The molecule has 1 saturated carbocycles. The predicted molar refractivity (Wildman–Crippen MR) is 90.4 cm³/mol. The fourth-order valence-corrected chi connectivity index (χ4v) is 5.66. The Morgan fingerprint density at radius 3 is 2.30 bits per heavy atom. The van der Waals surface area contributed by atoms with E-state index < -0.39 is 20.6 Å². The van der Waals surface area contributed by atoms with Crippen molar-refractivity contribution >= 4 is 21.4 Å². The lowest BCUT2D eigenvalue weighted by atomic mass is 10.1. The van der Waals surface area contributed by atoms with E-state index in [0.29, 0.717) is 5.02 Å². The molecule has 23 heavy (non-hydrogen) atoms. The van der Waals surface area contributed by atoms with Gasteiger partial charge in [-0.2, -0.15) is 0 Å². The summed E-state index contributed by atoms with van der Waals surface area (Å²) in [5.74, 6) is -0.315. The smallest absolute Gasteiger partial charge is 0.183 e. The number of rotatable bonds is 5. The minimum Gasteiger partial charge on any atom is -0.383 e. The van der Waals surface area contributed by atoms with E-state index in [9.17, 15) is 8.42 Å². The van der Waals surface area contributed by atoms with E-state index in [2.05, 4.69) is 0 Å². The first-order valence-corrected chi connectivity index (χ1v) is 9.16. The van der Waals surface area contributed by atoms with Gasteiger partial charge >= 0.3 is 0 Å². The Morgan fingerprint density at radius 2 is 1.74 bits per heavy atom. The minimum absolute atomic E-state index is 0.178. The van der Waals surface area contributed by atoms with Crippen LogP contribution in [0.1, 0.15) is 11.5 Å². The molecule has 2 aromatic rings. The minimum atomic E-state index is -3.54. The van der Waals surface area contributed by atoms with Crippen LogP contribution in [-0.4, -0.2) is 32.9 Å². The van der Waals surface area contributed by atoms with Gasteiger partial charge in [-0.3, -0.25) is 0 Å². The van der Waals surface area contributed by atoms with Crippen molar-refractivity contribution in [2.24, 2.45) is 5.73 Å². The number of ether oxygens (including phenoxy) is 1. The Bertz CT molecular complexity index is 792. The number of halogens is 1. The van der Waals surface area contributed by atoms with Crippen LogP contribution in [0.25, 0.3) is 0 Å². The highest BCUT2D eigenvalue weighted by Crippen LogP contribution is 2.55. The molecule has 0 spiro atoms. The topological polar surface area (TPSA) is 69.4 Å². The van der Waals surface area contributed by atoms with Crippen LogP contribution in [0.5, 0.6) is 0 Å². The molecular weight excluding hydrogens is 334 g/mol. The van der Waals surface area contributed by atoms with Gasteiger partial charge in [-0.05, 0) is 29.8 Å². The normalized spacial score (nSPS) is 26.9. The average molecular weight is 352 g/mol. The number of hydrogen-bond acceptors (Lipinski definition) is 4. The molecule has 3 atom stereocenters. The first-order chi connectivity index (χ1) is 10.9. The summed E-state index contributed by atoms with van der Waals surface area (Å²) in [5, 5.41) is -0.107. The molecule has 0 amide bonds. The van der Waals surface area contributed by atoms with Gasteiger partial charge in [0.05, 0.1) is 22.3 Å². The number of sulfone groups is 1. The first-order valence-electron chi connectivity index (χ1n) is 7.23.